The van der Waals surface area contributed by atoms with E-state index in [4.69, 9.17) is 0 Å². The molecule has 0 aliphatic carbocycles. The number of piperazine rings is 1. The fourth-order valence-electron chi connectivity index (χ4n) is 4.42. The van der Waals surface area contributed by atoms with Crippen LogP contribution in [-0.2, 0) is 17.9 Å². The number of halogens is 1. The van der Waals surface area contributed by atoms with E-state index in [1.165, 1.54) is 27.9 Å². The van der Waals surface area contributed by atoms with Gasteiger partial charge in [-0.1, -0.05) is 13.8 Å². The molecule has 4 heterocycles. The summed E-state index contributed by atoms with van der Waals surface area (Å²) in [6.07, 6.45) is 0.769. The molecule has 0 N–H and O–H groups in total. The number of fused-ring (bicyclic) bond motifs is 3. The van der Waals surface area contributed by atoms with Crippen LogP contribution >= 0.6 is 11.3 Å². The monoisotopic (exact) mass is 498 g/mol. The molecule has 1 saturated heterocycles. The SMILES string of the molecule is CC(C)CCn1c(=O)c2sccc2n2c(=O)n(CC(=O)N3CCN(c4ccc(F)cc4)CC3)nc12. The highest BCUT2D eigenvalue weighted by Gasteiger charge is 2.24. The normalized spacial score (nSPS) is 14.5. The van der Waals surface area contributed by atoms with E-state index in [-0.39, 0.29) is 29.6 Å². The maximum Gasteiger partial charge on any atom is 0.352 e. The van der Waals surface area contributed by atoms with Crippen molar-refractivity contribution in [3.63, 3.8) is 0 Å². The number of thiophene rings is 1. The Morgan fingerprint density at radius 2 is 1.80 bits per heavy atom. The fraction of sp³-hybridized carbons (Fsp3) is 0.417. The van der Waals surface area contributed by atoms with Crippen LogP contribution in [0.4, 0.5) is 10.1 Å². The zero-order chi connectivity index (χ0) is 24.7. The second kappa shape index (κ2) is 9.29. The number of hydrogen-bond acceptors (Lipinski definition) is 6. The summed E-state index contributed by atoms with van der Waals surface area (Å²) in [6.45, 7) is 6.61. The van der Waals surface area contributed by atoms with Gasteiger partial charge in [-0.15, -0.1) is 16.4 Å². The van der Waals surface area contributed by atoms with Crippen LogP contribution in [0.15, 0.2) is 45.3 Å². The van der Waals surface area contributed by atoms with E-state index in [9.17, 15) is 18.8 Å². The van der Waals surface area contributed by atoms with Gasteiger partial charge in [0.1, 0.15) is 17.1 Å². The average Bonchev–Trinajstić information content (AvgIpc) is 3.45. The minimum atomic E-state index is -0.431. The Labute approximate surface area is 204 Å². The number of benzene rings is 1. The fourth-order valence-corrected chi connectivity index (χ4v) is 5.24. The Kier molecular flexibility index (Phi) is 6.18. The number of anilines is 1. The Bertz CT molecular complexity index is 1490. The van der Waals surface area contributed by atoms with Crippen molar-refractivity contribution in [3.8, 4) is 0 Å². The van der Waals surface area contributed by atoms with Crippen LogP contribution in [0.1, 0.15) is 20.3 Å². The quantitative estimate of drug-likeness (QED) is 0.408. The number of nitrogens with zero attached hydrogens (tertiary/aromatic N) is 6. The predicted octanol–water partition coefficient (Wildman–Crippen LogP) is 2.41. The van der Waals surface area contributed by atoms with Gasteiger partial charge in [0.05, 0.1) is 5.52 Å². The molecule has 184 valence electrons. The van der Waals surface area contributed by atoms with E-state index in [0.29, 0.717) is 48.9 Å². The first kappa shape index (κ1) is 23.3. The van der Waals surface area contributed by atoms with Crippen molar-refractivity contribution in [2.75, 3.05) is 31.1 Å². The van der Waals surface area contributed by atoms with Crippen LogP contribution in [0.25, 0.3) is 16.0 Å². The zero-order valence-corrected chi connectivity index (χ0v) is 20.5. The summed E-state index contributed by atoms with van der Waals surface area (Å²) >= 11 is 1.30. The van der Waals surface area contributed by atoms with E-state index in [2.05, 4.69) is 23.8 Å². The van der Waals surface area contributed by atoms with Crippen LogP contribution in [0.5, 0.6) is 0 Å². The first-order valence-corrected chi connectivity index (χ1v) is 12.6. The molecule has 0 spiro atoms. The molecule has 1 aliphatic rings. The lowest BCUT2D eigenvalue weighted by Crippen LogP contribution is -2.50. The highest BCUT2D eigenvalue weighted by atomic mass is 32.1. The average molecular weight is 499 g/mol. The minimum Gasteiger partial charge on any atom is -0.368 e. The van der Waals surface area contributed by atoms with Crippen LogP contribution in [0, 0.1) is 11.7 Å². The van der Waals surface area contributed by atoms with E-state index in [1.807, 2.05) is 0 Å². The van der Waals surface area contributed by atoms with E-state index in [1.54, 1.807) is 33.0 Å². The molecule has 3 aromatic heterocycles. The van der Waals surface area contributed by atoms with Gasteiger partial charge in [-0.3, -0.25) is 14.2 Å². The topological polar surface area (TPSA) is 84.8 Å². The highest BCUT2D eigenvalue weighted by Crippen LogP contribution is 2.19. The van der Waals surface area contributed by atoms with E-state index < -0.39 is 5.69 Å². The molecule has 1 fully saturated rings. The molecule has 0 saturated carbocycles. The summed E-state index contributed by atoms with van der Waals surface area (Å²) in [7, 11) is 0. The third kappa shape index (κ3) is 4.36. The Morgan fingerprint density at radius 1 is 1.09 bits per heavy atom. The number of aromatic nitrogens is 4. The zero-order valence-electron chi connectivity index (χ0n) is 19.7. The molecule has 4 aromatic rings. The molecule has 1 amide bonds. The lowest BCUT2D eigenvalue weighted by molar-refractivity contribution is -0.132. The smallest absolute Gasteiger partial charge is 0.352 e. The van der Waals surface area contributed by atoms with Gasteiger partial charge in [-0.2, -0.15) is 0 Å². The third-order valence-corrected chi connectivity index (χ3v) is 7.32. The molecular formula is C24H27FN6O3S. The van der Waals surface area contributed by atoms with Gasteiger partial charge in [0.25, 0.3) is 5.56 Å². The van der Waals surface area contributed by atoms with Crippen molar-refractivity contribution in [1.82, 2.24) is 23.6 Å². The molecule has 1 aliphatic heterocycles. The summed E-state index contributed by atoms with van der Waals surface area (Å²) in [5, 5.41) is 6.21. The molecule has 0 atom stereocenters. The number of rotatable bonds is 6. The summed E-state index contributed by atoms with van der Waals surface area (Å²) in [5.74, 6) is 0.159. The van der Waals surface area contributed by atoms with Gasteiger partial charge in [-0.05, 0) is 48.1 Å². The van der Waals surface area contributed by atoms with Crippen LogP contribution in [0.2, 0.25) is 0 Å². The van der Waals surface area contributed by atoms with Crippen molar-refractivity contribution in [3.05, 3.63) is 62.4 Å². The molecule has 0 radical (unpaired) electrons. The van der Waals surface area contributed by atoms with E-state index >= 15 is 0 Å². The molecular weight excluding hydrogens is 471 g/mol. The molecule has 0 unspecified atom stereocenters. The molecule has 11 heteroatoms. The van der Waals surface area contributed by atoms with Crippen LogP contribution in [0.3, 0.4) is 0 Å². The van der Waals surface area contributed by atoms with Gasteiger partial charge in [0.15, 0.2) is 0 Å². The highest BCUT2D eigenvalue weighted by molar-refractivity contribution is 7.17. The Morgan fingerprint density at radius 3 is 2.49 bits per heavy atom. The van der Waals surface area contributed by atoms with E-state index in [0.717, 1.165) is 16.8 Å². The Balaban J connectivity index is 1.38. The number of carbonyl (C=O) groups excluding carboxylic acids is 1. The summed E-state index contributed by atoms with van der Waals surface area (Å²) in [5.41, 5.74) is 0.838. The largest absolute Gasteiger partial charge is 0.368 e. The van der Waals surface area contributed by atoms with Crippen LogP contribution < -0.4 is 16.1 Å². The molecule has 1 aromatic carbocycles. The van der Waals surface area contributed by atoms with Crippen molar-refractivity contribution in [1.29, 1.82) is 0 Å². The van der Waals surface area contributed by atoms with Gasteiger partial charge in [-0.25, -0.2) is 18.3 Å². The standard InChI is InChI=1S/C24H27FN6O3S/c1-16(2)7-9-29-22(33)21-19(8-14-35-21)31-23(29)26-30(24(31)34)15-20(32)28-12-10-27(11-13-28)18-5-3-17(25)4-6-18/h3-6,8,14,16H,7,9-13,15H2,1-2H3. The van der Waals surface area contributed by atoms with Crippen molar-refractivity contribution < 1.29 is 9.18 Å². The molecule has 5 rings (SSSR count). The number of hydrogen-bond donors (Lipinski definition) is 0. The lowest BCUT2D eigenvalue weighted by Gasteiger charge is -2.36. The summed E-state index contributed by atoms with van der Waals surface area (Å²) < 4.78 is 17.9. The maximum absolute atomic E-state index is 13.3. The number of aryl methyl sites for hydroxylation is 1. The molecule has 9 nitrogen and oxygen atoms in total. The van der Waals surface area contributed by atoms with Crippen molar-refractivity contribution in [2.24, 2.45) is 5.92 Å². The first-order valence-electron chi connectivity index (χ1n) is 11.7. The van der Waals surface area contributed by atoms with Crippen LogP contribution in [-0.4, -0.2) is 55.7 Å². The second-order valence-corrected chi connectivity index (χ2v) is 10.1. The summed E-state index contributed by atoms with van der Waals surface area (Å²) in [6, 6.07) is 8.05. The summed E-state index contributed by atoms with van der Waals surface area (Å²) in [4.78, 5) is 43.2. The minimum absolute atomic E-state index is 0.163. The lowest BCUT2D eigenvalue weighted by atomic mass is 10.1. The van der Waals surface area contributed by atoms with Gasteiger partial charge < -0.3 is 9.80 Å². The van der Waals surface area contributed by atoms with Gasteiger partial charge in [0.2, 0.25) is 11.7 Å². The van der Waals surface area contributed by atoms with Crippen molar-refractivity contribution >= 4 is 38.9 Å². The third-order valence-electron chi connectivity index (χ3n) is 6.43. The van der Waals surface area contributed by atoms with Crippen molar-refractivity contribution in [2.45, 2.75) is 33.4 Å². The Hall–Kier alpha value is -3.47. The predicted molar refractivity (Wildman–Crippen MR) is 134 cm³/mol. The number of amides is 1. The van der Waals surface area contributed by atoms with Gasteiger partial charge in [0, 0.05) is 38.4 Å². The van der Waals surface area contributed by atoms with Gasteiger partial charge >= 0.3 is 5.69 Å². The number of carbonyl (C=O) groups is 1. The second-order valence-electron chi connectivity index (χ2n) is 9.19. The maximum atomic E-state index is 13.3. The first-order chi connectivity index (χ1) is 16.8. The molecule has 35 heavy (non-hydrogen) atoms. The molecule has 0 bridgehead atoms.